The predicted octanol–water partition coefficient (Wildman–Crippen LogP) is 0.920. The van der Waals surface area contributed by atoms with Gasteiger partial charge in [-0.1, -0.05) is 12.8 Å². The Balaban J connectivity index is 1.50. The smallest absolute Gasteiger partial charge is 0.329 e. The van der Waals surface area contributed by atoms with E-state index in [0.29, 0.717) is 12.8 Å². The number of rotatable bonds is 4. The first-order chi connectivity index (χ1) is 9.59. The van der Waals surface area contributed by atoms with Gasteiger partial charge in [-0.3, -0.25) is 4.90 Å². The highest BCUT2D eigenvalue weighted by Gasteiger charge is 2.43. The third-order valence-electron chi connectivity index (χ3n) is 4.84. The number of nitrogens with one attached hydrogen (secondary N) is 2. The Kier molecular flexibility index (Phi) is 3.58. The normalized spacial score (nSPS) is 29.3. The summed E-state index contributed by atoms with van der Waals surface area (Å²) in [6.45, 7) is 1.94. The number of carbonyl (C=O) groups is 2. The standard InChI is InChI=1S/C14H23N3O3/c18-12(19)14(6-1-2-7-14)16-13(20)15-10-5-8-17(9-10)11-3-4-11/h10-11H,1-9H2,(H,18,19)(H2,15,16,20). The van der Waals surface area contributed by atoms with Crippen LogP contribution in [-0.4, -0.2) is 52.7 Å². The zero-order valence-electron chi connectivity index (χ0n) is 11.7. The molecular formula is C14H23N3O3. The number of carboxylic acid groups (broad SMARTS) is 1. The molecule has 3 fully saturated rings. The minimum atomic E-state index is -1.04. The number of likely N-dealkylation sites (tertiary alicyclic amines) is 1. The molecule has 2 amide bonds. The second-order valence-corrected chi connectivity index (χ2v) is 6.40. The van der Waals surface area contributed by atoms with Crippen LogP contribution >= 0.6 is 0 Å². The molecule has 1 heterocycles. The summed E-state index contributed by atoms with van der Waals surface area (Å²) in [6.07, 6.45) is 6.33. The molecule has 1 aliphatic heterocycles. The molecule has 1 unspecified atom stereocenters. The van der Waals surface area contributed by atoms with E-state index < -0.39 is 11.5 Å². The highest BCUT2D eigenvalue weighted by atomic mass is 16.4. The van der Waals surface area contributed by atoms with Gasteiger partial charge in [-0.2, -0.15) is 0 Å². The van der Waals surface area contributed by atoms with E-state index in [-0.39, 0.29) is 12.1 Å². The SMILES string of the molecule is O=C(NC1CCN(C2CC2)C1)NC1(C(=O)O)CCCC1. The van der Waals surface area contributed by atoms with E-state index in [4.69, 9.17) is 0 Å². The molecule has 0 radical (unpaired) electrons. The van der Waals surface area contributed by atoms with Crippen molar-refractivity contribution in [3.8, 4) is 0 Å². The van der Waals surface area contributed by atoms with Gasteiger partial charge in [-0.25, -0.2) is 9.59 Å². The third kappa shape index (κ3) is 2.75. The van der Waals surface area contributed by atoms with Crippen LogP contribution in [0, 0.1) is 0 Å². The summed E-state index contributed by atoms with van der Waals surface area (Å²) in [7, 11) is 0. The number of hydrogen-bond donors (Lipinski definition) is 3. The van der Waals surface area contributed by atoms with Gasteiger partial charge in [0.25, 0.3) is 0 Å². The number of carboxylic acids is 1. The van der Waals surface area contributed by atoms with Gasteiger partial charge < -0.3 is 15.7 Å². The van der Waals surface area contributed by atoms with Gasteiger partial charge in [0.2, 0.25) is 0 Å². The van der Waals surface area contributed by atoms with Crippen molar-refractivity contribution in [3.63, 3.8) is 0 Å². The first-order valence-electron chi connectivity index (χ1n) is 7.65. The average Bonchev–Trinajstić information content (AvgIpc) is 2.96. The molecule has 6 heteroatoms. The van der Waals surface area contributed by atoms with E-state index in [0.717, 1.165) is 38.4 Å². The largest absolute Gasteiger partial charge is 0.480 e. The summed E-state index contributed by atoms with van der Waals surface area (Å²) >= 11 is 0. The number of nitrogens with zero attached hydrogens (tertiary/aromatic N) is 1. The molecule has 3 rings (SSSR count). The van der Waals surface area contributed by atoms with Crippen LogP contribution in [0.3, 0.4) is 0 Å². The second kappa shape index (κ2) is 5.24. The summed E-state index contributed by atoms with van der Waals surface area (Å²) in [4.78, 5) is 25.9. The summed E-state index contributed by atoms with van der Waals surface area (Å²) in [5.74, 6) is -0.906. The summed E-state index contributed by atoms with van der Waals surface area (Å²) in [5.41, 5.74) is -1.04. The Bertz CT molecular complexity index is 402. The molecule has 0 spiro atoms. The molecule has 3 aliphatic rings. The lowest BCUT2D eigenvalue weighted by Crippen LogP contribution is -2.57. The molecule has 2 saturated carbocycles. The Morgan fingerprint density at radius 2 is 1.85 bits per heavy atom. The molecule has 1 saturated heterocycles. The fraction of sp³-hybridized carbons (Fsp3) is 0.857. The van der Waals surface area contributed by atoms with Crippen molar-refractivity contribution in [2.75, 3.05) is 13.1 Å². The highest BCUT2D eigenvalue weighted by Crippen LogP contribution is 2.31. The molecule has 0 aromatic carbocycles. The summed E-state index contributed by atoms with van der Waals surface area (Å²) in [6, 6.07) is 0.560. The average molecular weight is 281 g/mol. The first kappa shape index (κ1) is 13.7. The summed E-state index contributed by atoms with van der Waals surface area (Å²) in [5, 5.41) is 15.0. The van der Waals surface area contributed by atoms with Crippen molar-refractivity contribution in [2.24, 2.45) is 0 Å². The summed E-state index contributed by atoms with van der Waals surface area (Å²) < 4.78 is 0. The van der Waals surface area contributed by atoms with Crippen molar-refractivity contribution in [1.29, 1.82) is 0 Å². The highest BCUT2D eigenvalue weighted by molar-refractivity contribution is 5.86. The van der Waals surface area contributed by atoms with Gasteiger partial charge in [-0.15, -0.1) is 0 Å². The van der Waals surface area contributed by atoms with E-state index in [1.807, 2.05) is 0 Å². The monoisotopic (exact) mass is 281 g/mol. The number of hydrogen-bond acceptors (Lipinski definition) is 3. The van der Waals surface area contributed by atoms with Crippen LogP contribution < -0.4 is 10.6 Å². The fourth-order valence-corrected chi connectivity index (χ4v) is 3.49. The number of urea groups is 1. The van der Waals surface area contributed by atoms with E-state index in [9.17, 15) is 14.7 Å². The number of carbonyl (C=O) groups excluding carboxylic acids is 1. The van der Waals surface area contributed by atoms with Crippen molar-refractivity contribution < 1.29 is 14.7 Å². The van der Waals surface area contributed by atoms with Crippen molar-refractivity contribution in [3.05, 3.63) is 0 Å². The lowest BCUT2D eigenvalue weighted by molar-refractivity contribution is -0.144. The van der Waals surface area contributed by atoms with Crippen LogP contribution in [0.4, 0.5) is 4.79 Å². The molecule has 2 aliphatic carbocycles. The molecule has 112 valence electrons. The first-order valence-corrected chi connectivity index (χ1v) is 7.65. The van der Waals surface area contributed by atoms with Gasteiger partial charge in [0.05, 0.1) is 0 Å². The van der Waals surface area contributed by atoms with E-state index >= 15 is 0 Å². The minimum absolute atomic E-state index is 0.155. The minimum Gasteiger partial charge on any atom is -0.480 e. The van der Waals surface area contributed by atoms with Crippen LogP contribution in [-0.2, 0) is 4.79 Å². The predicted molar refractivity (Wildman–Crippen MR) is 73.5 cm³/mol. The van der Waals surface area contributed by atoms with Crippen LogP contribution in [0.25, 0.3) is 0 Å². The van der Waals surface area contributed by atoms with Gasteiger partial charge in [0, 0.05) is 25.2 Å². The van der Waals surface area contributed by atoms with Gasteiger partial charge in [0.15, 0.2) is 0 Å². The lowest BCUT2D eigenvalue weighted by atomic mass is 9.98. The van der Waals surface area contributed by atoms with E-state index in [1.54, 1.807) is 0 Å². The third-order valence-corrected chi connectivity index (χ3v) is 4.84. The Morgan fingerprint density at radius 3 is 2.45 bits per heavy atom. The maximum Gasteiger partial charge on any atom is 0.329 e. The molecule has 3 N–H and O–H groups in total. The Labute approximate surface area is 118 Å². The molecule has 20 heavy (non-hydrogen) atoms. The lowest BCUT2D eigenvalue weighted by Gasteiger charge is -2.26. The molecule has 0 bridgehead atoms. The quantitative estimate of drug-likeness (QED) is 0.715. The van der Waals surface area contributed by atoms with Gasteiger partial charge in [-0.05, 0) is 32.1 Å². The Morgan fingerprint density at radius 1 is 1.15 bits per heavy atom. The van der Waals surface area contributed by atoms with Crippen LogP contribution in [0.5, 0.6) is 0 Å². The Hall–Kier alpha value is -1.30. The topological polar surface area (TPSA) is 81.7 Å². The van der Waals surface area contributed by atoms with Crippen LogP contribution in [0.15, 0.2) is 0 Å². The van der Waals surface area contributed by atoms with Crippen LogP contribution in [0.2, 0.25) is 0 Å². The van der Waals surface area contributed by atoms with Crippen molar-refractivity contribution >= 4 is 12.0 Å². The number of amides is 2. The zero-order valence-corrected chi connectivity index (χ0v) is 11.7. The molecular weight excluding hydrogens is 258 g/mol. The number of aliphatic carboxylic acids is 1. The van der Waals surface area contributed by atoms with Crippen molar-refractivity contribution in [1.82, 2.24) is 15.5 Å². The van der Waals surface area contributed by atoms with E-state index in [2.05, 4.69) is 15.5 Å². The zero-order chi connectivity index (χ0) is 14.2. The second-order valence-electron chi connectivity index (χ2n) is 6.40. The van der Waals surface area contributed by atoms with Crippen molar-refractivity contribution in [2.45, 2.75) is 62.6 Å². The molecule has 0 aromatic heterocycles. The van der Waals surface area contributed by atoms with Gasteiger partial charge >= 0.3 is 12.0 Å². The maximum absolute atomic E-state index is 12.1. The molecule has 1 atom stereocenters. The molecule has 6 nitrogen and oxygen atoms in total. The van der Waals surface area contributed by atoms with E-state index in [1.165, 1.54) is 12.8 Å². The van der Waals surface area contributed by atoms with Crippen LogP contribution in [0.1, 0.15) is 44.9 Å². The molecule has 0 aromatic rings. The van der Waals surface area contributed by atoms with Gasteiger partial charge in [0.1, 0.15) is 5.54 Å². The maximum atomic E-state index is 12.1. The fourth-order valence-electron chi connectivity index (χ4n) is 3.49.